The number of fused-ring (bicyclic) bond motifs is 1. The second-order valence-electron chi connectivity index (χ2n) is 6.09. The van der Waals surface area contributed by atoms with Gasteiger partial charge in [0, 0.05) is 17.0 Å². The van der Waals surface area contributed by atoms with Gasteiger partial charge in [-0.2, -0.15) is 0 Å². The Hall–Kier alpha value is -2.34. The van der Waals surface area contributed by atoms with Crippen molar-refractivity contribution in [2.75, 3.05) is 6.61 Å². The van der Waals surface area contributed by atoms with Crippen LogP contribution in [0.25, 0.3) is 22.4 Å². The van der Waals surface area contributed by atoms with Crippen LogP contribution >= 0.6 is 0 Å². The quantitative estimate of drug-likeness (QED) is 0.719. The molecule has 6 heteroatoms. The lowest BCUT2D eigenvalue weighted by Gasteiger charge is -2.22. The summed E-state index contributed by atoms with van der Waals surface area (Å²) in [5, 5.41) is 9.38. The highest BCUT2D eigenvalue weighted by Gasteiger charge is 2.20. The maximum Gasteiger partial charge on any atom is 0.196 e. The summed E-state index contributed by atoms with van der Waals surface area (Å²) in [6.45, 7) is 3.81. The van der Waals surface area contributed by atoms with Gasteiger partial charge >= 0.3 is 0 Å². The monoisotopic (exact) mass is 320 g/mol. The zero-order valence-electron chi connectivity index (χ0n) is 12.6. The lowest BCUT2D eigenvalue weighted by atomic mass is 9.85. The van der Waals surface area contributed by atoms with E-state index in [4.69, 9.17) is 0 Å². The van der Waals surface area contributed by atoms with Crippen molar-refractivity contribution >= 4 is 11.0 Å². The van der Waals surface area contributed by atoms with Gasteiger partial charge in [0.15, 0.2) is 17.5 Å². The van der Waals surface area contributed by atoms with Crippen LogP contribution in [-0.2, 0) is 5.41 Å². The van der Waals surface area contributed by atoms with Crippen LogP contribution in [0, 0.1) is 17.5 Å². The zero-order chi connectivity index (χ0) is 16.8. The van der Waals surface area contributed by atoms with E-state index in [1.807, 2.05) is 26.0 Å². The molecule has 0 radical (unpaired) electrons. The van der Waals surface area contributed by atoms with E-state index in [-0.39, 0.29) is 23.1 Å². The molecule has 0 saturated heterocycles. The Morgan fingerprint density at radius 3 is 2.35 bits per heavy atom. The van der Waals surface area contributed by atoms with Gasteiger partial charge in [0.25, 0.3) is 0 Å². The van der Waals surface area contributed by atoms with E-state index < -0.39 is 17.5 Å². The van der Waals surface area contributed by atoms with E-state index in [9.17, 15) is 18.3 Å². The number of nitrogens with one attached hydrogen (secondary N) is 1. The molecule has 3 nitrogen and oxygen atoms in total. The molecule has 2 aromatic carbocycles. The number of rotatable bonds is 3. The number of H-pyrrole nitrogens is 1. The number of imidazole rings is 1. The van der Waals surface area contributed by atoms with Gasteiger partial charge in [-0.3, -0.25) is 0 Å². The van der Waals surface area contributed by atoms with Gasteiger partial charge in [0.05, 0.1) is 12.1 Å². The first-order chi connectivity index (χ1) is 10.8. The molecule has 3 rings (SSSR count). The minimum Gasteiger partial charge on any atom is -0.395 e. The molecule has 0 aliphatic carbocycles. The summed E-state index contributed by atoms with van der Waals surface area (Å²) in [7, 11) is 0. The van der Waals surface area contributed by atoms with Gasteiger partial charge < -0.3 is 10.1 Å². The van der Waals surface area contributed by atoms with Gasteiger partial charge in [-0.15, -0.1) is 0 Å². The van der Waals surface area contributed by atoms with E-state index in [0.717, 1.165) is 11.6 Å². The van der Waals surface area contributed by atoms with Gasteiger partial charge in [0.2, 0.25) is 0 Å². The average Bonchev–Trinajstić information content (AvgIpc) is 2.97. The van der Waals surface area contributed by atoms with E-state index in [2.05, 4.69) is 9.97 Å². The van der Waals surface area contributed by atoms with Crippen LogP contribution in [0.2, 0.25) is 0 Å². The molecule has 23 heavy (non-hydrogen) atoms. The number of benzene rings is 2. The highest BCUT2D eigenvalue weighted by molar-refractivity contribution is 5.80. The summed E-state index contributed by atoms with van der Waals surface area (Å²) in [6, 6.07) is 8.06. The molecular weight excluding hydrogens is 305 g/mol. The summed E-state index contributed by atoms with van der Waals surface area (Å²) < 4.78 is 40.3. The molecule has 0 unspecified atom stereocenters. The zero-order valence-corrected chi connectivity index (χ0v) is 12.6. The smallest absolute Gasteiger partial charge is 0.196 e. The third-order valence-corrected chi connectivity index (χ3v) is 3.95. The molecular formula is C17H15F3N2O. The van der Waals surface area contributed by atoms with Crippen molar-refractivity contribution in [1.29, 1.82) is 0 Å². The SMILES string of the molecule is CC(C)(CO)c1ccc(-c2nc3c(F)c(F)c(F)cc3[nH]2)cc1. The van der Waals surface area contributed by atoms with Gasteiger partial charge in [0.1, 0.15) is 11.3 Å². The molecule has 0 aliphatic rings. The van der Waals surface area contributed by atoms with Crippen molar-refractivity contribution in [2.24, 2.45) is 0 Å². The average molecular weight is 320 g/mol. The second-order valence-corrected chi connectivity index (χ2v) is 6.09. The third kappa shape index (κ3) is 2.59. The Balaban J connectivity index is 2.06. The Bertz CT molecular complexity index is 870. The number of halogens is 3. The number of aromatic nitrogens is 2. The standard InChI is InChI=1S/C17H15F3N2O/c1-17(2,8-23)10-5-3-9(4-6-10)16-21-12-7-11(18)13(19)14(20)15(12)22-16/h3-7,23H,8H2,1-2H3,(H,21,22). The molecule has 3 aromatic rings. The predicted molar refractivity (Wildman–Crippen MR) is 81.5 cm³/mol. The lowest BCUT2D eigenvalue weighted by molar-refractivity contribution is 0.218. The molecule has 0 bridgehead atoms. The summed E-state index contributed by atoms with van der Waals surface area (Å²) in [5.74, 6) is -3.78. The molecule has 0 fully saturated rings. The molecule has 1 aromatic heterocycles. The molecule has 0 aliphatic heterocycles. The number of aliphatic hydroxyl groups excluding tert-OH is 1. The molecule has 0 amide bonds. The Labute approximate surface area is 130 Å². The van der Waals surface area contributed by atoms with Crippen molar-refractivity contribution in [3.8, 4) is 11.4 Å². The van der Waals surface area contributed by atoms with Crippen LogP contribution < -0.4 is 0 Å². The van der Waals surface area contributed by atoms with Crippen LogP contribution in [0.3, 0.4) is 0 Å². The predicted octanol–water partition coefficient (Wildman–Crippen LogP) is 3.92. The fourth-order valence-corrected chi connectivity index (χ4v) is 2.36. The number of aromatic amines is 1. The summed E-state index contributed by atoms with van der Waals surface area (Å²) in [6.07, 6.45) is 0. The van der Waals surface area contributed by atoms with E-state index in [1.54, 1.807) is 12.1 Å². The minimum atomic E-state index is -1.53. The molecule has 2 N–H and O–H groups in total. The van der Waals surface area contributed by atoms with E-state index in [1.165, 1.54) is 0 Å². The summed E-state index contributed by atoms with van der Waals surface area (Å²) in [5.41, 5.74) is 1.06. The van der Waals surface area contributed by atoms with Crippen LogP contribution in [0.15, 0.2) is 30.3 Å². The number of hydrogen-bond acceptors (Lipinski definition) is 2. The van der Waals surface area contributed by atoms with E-state index in [0.29, 0.717) is 11.4 Å². The van der Waals surface area contributed by atoms with Gasteiger partial charge in [-0.25, -0.2) is 18.2 Å². The van der Waals surface area contributed by atoms with E-state index >= 15 is 0 Å². The highest BCUT2D eigenvalue weighted by atomic mass is 19.2. The maximum atomic E-state index is 13.7. The lowest BCUT2D eigenvalue weighted by Crippen LogP contribution is -2.21. The molecule has 0 spiro atoms. The normalized spacial score (nSPS) is 12.1. The van der Waals surface area contributed by atoms with Crippen molar-refractivity contribution in [3.63, 3.8) is 0 Å². The highest BCUT2D eigenvalue weighted by Crippen LogP contribution is 2.28. The van der Waals surface area contributed by atoms with Crippen LogP contribution in [0.4, 0.5) is 13.2 Å². The van der Waals surface area contributed by atoms with Crippen molar-refractivity contribution < 1.29 is 18.3 Å². The molecule has 0 atom stereocenters. The van der Waals surface area contributed by atoms with Gasteiger partial charge in [-0.05, 0) is 5.56 Å². The maximum absolute atomic E-state index is 13.7. The van der Waals surface area contributed by atoms with Crippen LogP contribution in [0.5, 0.6) is 0 Å². The Kier molecular flexibility index (Phi) is 3.64. The Morgan fingerprint density at radius 1 is 1.09 bits per heavy atom. The van der Waals surface area contributed by atoms with Crippen LogP contribution in [-0.4, -0.2) is 21.7 Å². The second kappa shape index (κ2) is 5.38. The molecule has 0 saturated carbocycles. The first-order valence-corrected chi connectivity index (χ1v) is 7.08. The minimum absolute atomic E-state index is 0.000743. The first-order valence-electron chi connectivity index (χ1n) is 7.08. The van der Waals surface area contributed by atoms with Crippen molar-refractivity contribution in [1.82, 2.24) is 9.97 Å². The largest absolute Gasteiger partial charge is 0.395 e. The number of hydrogen-bond donors (Lipinski definition) is 2. The van der Waals surface area contributed by atoms with Crippen LogP contribution in [0.1, 0.15) is 19.4 Å². The fourth-order valence-electron chi connectivity index (χ4n) is 2.36. The fraction of sp³-hybridized carbons (Fsp3) is 0.235. The molecule has 120 valence electrons. The topological polar surface area (TPSA) is 48.9 Å². The summed E-state index contributed by atoms with van der Waals surface area (Å²) in [4.78, 5) is 6.80. The van der Waals surface area contributed by atoms with Crippen molar-refractivity contribution in [2.45, 2.75) is 19.3 Å². The number of aliphatic hydroxyl groups is 1. The third-order valence-electron chi connectivity index (χ3n) is 3.95. The molecule has 1 heterocycles. The summed E-state index contributed by atoms with van der Waals surface area (Å²) >= 11 is 0. The first kappa shape index (κ1) is 15.6. The Morgan fingerprint density at radius 2 is 1.74 bits per heavy atom. The van der Waals surface area contributed by atoms with Gasteiger partial charge in [-0.1, -0.05) is 38.1 Å². The number of nitrogens with zero attached hydrogens (tertiary/aromatic N) is 1. The van der Waals surface area contributed by atoms with Crippen molar-refractivity contribution in [3.05, 3.63) is 53.3 Å².